The average molecular weight is 396 g/mol. The summed E-state index contributed by atoms with van der Waals surface area (Å²) in [5.74, 6) is 2.41. The molecule has 2 atom stereocenters. The van der Waals surface area contributed by atoms with Crippen molar-refractivity contribution in [2.45, 2.75) is 26.0 Å². The van der Waals surface area contributed by atoms with E-state index in [4.69, 9.17) is 9.47 Å². The second kappa shape index (κ2) is 9.58. The molecule has 6 nitrogen and oxygen atoms in total. The molecule has 29 heavy (non-hydrogen) atoms. The highest BCUT2D eigenvalue weighted by molar-refractivity contribution is 5.34. The molecule has 154 valence electrons. The maximum Gasteiger partial charge on any atom is 0.130 e. The Kier molecular flexibility index (Phi) is 6.90. The first-order chi connectivity index (χ1) is 14.0. The number of nitrogens with zero attached hydrogens (tertiary/aromatic N) is 2. The predicted molar refractivity (Wildman–Crippen MR) is 113 cm³/mol. The number of aryl methyl sites for hydroxylation is 3. The molecule has 0 aliphatic rings. The number of aliphatic hydroxyl groups excluding tert-OH is 1. The summed E-state index contributed by atoms with van der Waals surface area (Å²) in [5, 5.41) is 13.9. The van der Waals surface area contributed by atoms with Crippen LogP contribution >= 0.6 is 0 Å². The summed E-state index contributed by atoms with van der Waals surface area (Å²) < 4.78 is 13.1. The van der Waals surface area contributed by atoms with Gasteiger partial charge in [-0.05, 0) is 54.8 Å². The molecule has 2 N–H and O–H groups in total. The van der Waals surface area contributed by atoms with Crippen LogP contribution in [0.3, 0.4) is 0 Å². The van der Waals surface area contributed by atoms with Crippen molar-refractivity contribution in [1.29, 1.82) is 0 Å². The van der Waals surface area contributed by atoms with Gasteiger partial charge in [0, 0.05) is 26.0 Å². The Morgan fingerprint density at radius 3 is 2.62 bits per heavy atom. The minimum Gasteiger partial charge on any atom is -0.497 e. The van der Waals surface area contributed by atoms with Gasteiger partial charge in [-0.15, -0.1) is 0 Å². The molecule has 0 spiro atoms. The van der Waals surface area contributed by atoms with Gasteiger partial charge in [0.05, 0.1) is 13.2 Å². The molecule has 0 aliphatic heterocycles. The van der Waals surface area contributed by atoms with Crippen LogP contribution in [0.25, 0.3) is 0 Å². The van der Waals surface area contributed by atoms with Crippen LogP contribution in [-0.2, 0) is 7.05 Å². The number of rotatable bonds is 9. The average Bonchev–Trinajstić information content (AvgIpc) is 3.15. The number of imidazole rings is 1. The number of nitrogens with one attached hydrogen (secondary N) is 1. The van der Waals surface area contributed by atoms with Gasteiger partial charge in [0.2, 0.25) is 0 Å². The number of hydrogen-bond donors (Lipinski definition) is 2. The van der Waals surface area contributed by atoms with Gasteiger partial charge >= 0.3 is 0 Å². The minimum atomic E-state index is -0.662. The second-order valence-electron chi connectivity index (χ2n) is 7.23. The maximum atomic E-state index is 10.5. The van der Waals surface area contributed by atoms with Gasteiger partial charge in [0.1, 0.15) is 30.0 Å². The molecule has 0 aliphatic carbocycles. The molecule has 1 heterocycles. The van der Waals surface area contributed by atoms with E-state index >= 15 is 0 Å². The van der Waals surface area contributed by atoms with Crippen LogP contribution in [0.15, 0.2) is 54.9 Å². The molecule has 3 aromatic rings. The molecule has 3 rings (SSSR count). The number of aromatic nitrogens is 2. The van der Waals surface area contributed by atoms with Crippen LogP contribution < -0.4 is 14.8 Å². The standard InChI is InChI=1S/C23H29N3O3/c1-16-8-9-21(12-17(16)2)29-15-19(27)14-25-22(23-24-10-11-26(23)3)18-6-5-7-20(13-18)28-4/h5-13,19,22,25,27H,14-15H2,1-4H3. The molecule has 6 heteroatoms. The normalized spacial score (nSPS) is 13.1. The van der Waals surface area contributed by atoms with Gasteiger partial charge in [0.25, 0.3) is 0 Å². The number of hydrogen-bond acceptors (Lipinski definition) is 5. The fourth-order valence-electron chi connectivity index (χ4n) is 3.14. The fourth-order valence-corrected chi connectivity index (χ4v) is 3.14. The first kappa shape index (κ1) is 20.9. The number of benzene rings is 2. The predicted octanol–water partition coefficient (Wildman–Crippen LogP) is 3.16. The van der Waals surface area contributed by atoms with Crippen LogP contribution in [0.5, 0.6) is 11.5 Å². The number of aliphatic hydroxyl groups is 1. The van der Waals surface area contributed by atoms with Gasteiger partial charge in [0.15, 0.2) is 0 Å². The Labute approximate surface area is 172 Å². The molecule has 0 bridgehead atoms. The van der Waals surface area contributed by atoms with Crippen LogP contribution in [0, 0.1) is 13.8 Å². The summed E-state index contributed by atoms with van der Waals surface area (Å²) in [6.07, 6.45) is 3.01. The van der Waals surface area contributed by atoms with Gasteiger partial charge < -0.3 is 24.5 Å². The van der Waals surface area contributed by atoms with E-state index in [1.54, 1.807) is 13.3 Å². The molecular formula is C23H29N3O3. The lowest BCUT2D eigenvalue weighted by Gasteiger charge is -2.22. The third kappa shape index (κ3) is 5.37. The Morgan fingerprint density at radius 1 is 1.10 bits per heavy atom. The highest BCUT2D eigenvalue weighted by Gasteiger charge is 2.20. The van der Waals surface area contributed by atoms with Gasteiger partial charge in [-0.25, -0.2) is 4.98 Å². The highest BCUT2D eigenvalue weighted by Crippen LogP contribution is 2.24. The first-order valence-corrected chi connectivity index (χ1v) is 9.70. The molecule has 2 unspecified atom stereocenters. The summed E-state index contributed by atoms with van der Waals surface area (Å²) in [4.78, 5) is 4.48. The summed E-state index contributed by atoms with van der Waals surface area (Å²) in [5.41, 5.74) is 3.40. The smallest absolute Gasteiger partial charge is 0.130 e. The second-order valence-corrected chi connectivity index (χ2v) is 7.23. The topological polar surface area (TPSA) is 68.5 Å². The Hall–Kier alpha value is -2.83. The third-order valence-electron chi connectivity index (χ3n) is 5.02. The van der Waals surface area contributed by atoms with Crippen molar-refractivity contribution in [3.05, 3.63) is 77.4 Å². The van der Waals surface area contributed by atoms with Crippen LogP contribution in [0.1, 0.15) is 28.6 Å². The molecule has 0 radical (unpaired) electrons. The minimum absolute atomic E-state index is 0.179. The lowest BCUT2D eigenvalue weighted by Crippen LogP contribution is -2.35. The Balaban J connectivity index is 1.66. The van der Waals surface area contributed by atoms with E-state index in [1.807, 2.05) is 67.2 Å². The summed E-state index contributed by atoms with van der Waals surface area (Å²) >= 11 is 0. The van der Waals surface area contributed by atoms with E-state index in [9.17, 15) is 5.11 Å². The molecule has 0 saturated carbocycles. The first-order valence-electron chi connectivity index (χ1n) is 9.70. The zero-order valence-corrected chi connectivity index (χ0v) is 17.4. The summed E-state index contributed by atoms with van der Waals surface area (Å²) in [6, 6.07) is 13.6. The van der Waals surface area contributed by atoms with E-state index in [0.717, 1.165) is 22.9 Å². The van der Waals surface area contributed by atoms with E-state index in [0.29, 0.717) is 6.54 Å². The van der Waals surface area contributed by atoms with Crippen molar-refractivity contribution in [1.82, 2.24) is 14.9 Å². The zero-order chi connectivity index (χ0) is 20.8. The van der Waals surface area contributed by atoms with Crippen LogP contribution in [0.4, 0.5) is 0 Å². The van der Waals surface area contributed by atoms with E-state index in [-0.39, 0.29) is 12.6 Å². The summed E-state index contributed by atoms with van der Waals surface area (Å²) in [7, 11) is 3.60. The molecular weight excluding hydrogens is 366 g/mol. The summed E-state index contributed by atoms with van der Waals surface area (Å²) in [6.45, 7) is 4.68. The van der Waals surface area contributed by atoms with Gasteiger partial charge in [-0.2, -0.15) is 0 Å². The van der Waals surface area contributed by atoms with Crippen molar-refractivity contribution in [2.75, 3.05) is 20.3 Å². The molecule has 2 aromatic carbocycles. The quantitative estimate of drug-likeness (QED) is 0.583. The number of ether oxygens (including phenoxy) is 2. The van der Waals surface area contributed by atoms with Crippen molar-refractivity contribution in [2.24, 2.45) is 7.05 Å². The molecule has 0 saturated heterocycles. The van der Waals surface area contributed by atoms with Crippen LogP contribution in [-0.4, -0.2) is 41.0 Å². The van der Waals surface area contributed by atoms with Crippen molar-refractivity contribution in [3.8, 4) is 11.5 Å². The SMILES string of the molecule is COc1cccc(C(NCC(O)COc2ccc(C)c(C)c2)c2nccn2C)c1. The van der Waals surface area contributed by atoms with E-state index in [2.05, 4.69) is 17.2 Å². The van der Waals surface area contributed by atoms with Crippen molar-refractivity contribution < 1.29 is 14.6 Å². The molecule has 0 fully saturated rings. The maximum absolute atomic E-state index is 10.5. The zero-order valence-electron chi connectivity index (χ0n) is 17.4. The molecule has 0 amide bonds. The fraction of sp³-hybridized carbons (Fsp3) is 0.348. The van der Waals surface area contributed by atoms with Gasteiger partial charge in [-0.3, -0.25) is 0 Å². The number of methoxy groups -OCH3 is 1. The van der Waals surface area contributed by atoms with Gasteiger partial charge in [-0.1, -0.05) is 18.2 Å². The third-order valence-corrected chi connectivity index (χ3v) is 5.02. The largest absolute Gasteiger partial charge is 0.497 e. The lowest BCUT2D eigenvalue weighted by atomic mass is 10.1. The Bertz CT molecular complexity index is 939. The van der Waals surface area contributed by atoms with Crippen molar-refractivity contribution in [3.63, 3.8) is 0 Å². The van der Waals surface area contributed by atoms with E-state index < -0.39 is 6.10 Å². The van der Waals surface area contributed by atoms with Crippen molar-refractivity contribution >= 4 is 0 Å². The Morgan fingerprint density at radius 2 is 1.93 bits per heavy atom. The van der Waals surface area contributed by atoms with Crippen LogP contribution in [0.2, 0.25) is 0 Å². The highest BCUT2D eigenvalue weighted by atomic mass is 16.5. The van der Waals surface area contributed by atoms with E-state index in [1.165, 1.54) is 11.1 Å². The monoisotopic (exact) mass is 395 g/mol. The lowest BCUT2D eigenvalue weighted by molar-refractivity contribution is 0.104. The molecule has 1 aromatic heterocycles.